The standard InChI is InChI=1S/C21H22ClN3O2/c1-24(19-5-3-4-6-20(19)27-2)13-21(26)25-10-9-18-16(12-25)15-11-14(22)7-8-17(15)23-18/h3-8,11,23H,9-10,12-13H2,1-2H3. The van der Waals surface area contributed by atoms with Crippen molar-refractivity contribution >= 4 is 34.1 Å². The molecule has 0 atom stereocenters. The number of fused-ring (bicyclic) bond motifs is 3. The van der Waals surface area contributed by atoms with Crippen molar-refractivity contribution < 1.29 is 9.53 Å². The van der Waals surface area contributed by atoms with E-state index in [-0.39, 0.29) is 5.91 Å². The van der Waals surface area contributed by atoms with Gasteiger partial charge in [0.05, 0.1) is 19.3 Å². The minimum Gasteiger partial charge on any atom is -0.495 e. The molecule has 0 spiro atoms. The number of aromatic nitrogens is 1. The molecule has 1 aliphatic heterocycles. The highest BCUT2D eigenvalue weighted by molar-refractivity contribution is 6.31. The predicted octanol–water partition coefficient (Wildman–Crippen LogP) is 3.85. The smallest absolute Gasteiger partial charge is 0.242 e. The number of carbonyl (C=O) groups excluding carboxylic acids is 1. The van der Waals surface area contributed by atoms with Crippen LogP contribution in [0, 0.1) is 0 Å². The van der Waals surface area contributed by atoms with Crippen LogP contribution < -0.4 is 9.64 Å². The van der Waals surface area contributed by atoms with Gasteiger partial charge >= 0.3 is 0 Å². The van der Waals surface area contributed by atoms with Crippen LogP contribution in [0.25, 0.3) is 10.9 Å². The molecule has 27 heavy (non-hydrogen) atoms. The molecule has 0 bridgehead atoms. The van der Waals surface area contributed by atoms with E-state index in [0.29, 0.717) is 24.7 Å². The van der Waals surface area contributed by atoms with Gasteiger partial charge in [-0.1, -0.05) is 23.7 Å². The van der Waals surface area contributed by atoms with E-state index in [1.807, 2.05) is 59.3 Å². The summed E-state index contributed by atoms with van der Waals surface area (Å²) in [7, 11) is 3.55. The number of nitrogens with one attached hydrogen (secondary N) is 1. The second-order valence-corrected chi connectivity index (χ2v) is 7.30. The summed E-state index contributed by atoms with van der Waals surface area (Å²) >= 11 is 6.17. The van der Waals surface area contributed by atoms with E-state index in [2.05, 4.69) is 4.98 Å². The second kappa shape index (κ2) is 7.16. The van der Waals surface area contributed by atoms with Crippen molar-refractivity contribution in [3.05, 3.63) is 58.7 Å². The van der Waals surface area contributed by atoms with Gasteiger partial charge in [0.25, 0.3) is 0 Å². The van der Waals surface area contributed by atoms with E-state index in [4.69, 9.17) is 16.3 Å². The van der Waals surface area contributed by atoms with Gasteiger partial charge in [0.2, 0.25) is 5.91 Å². The Labute approximate surface area is 163 Å². The number of hydrogen-bond donors (Lipinski definition) is 1. The molecule has 5 nitrogen and oxygen atoms in total. The number of halogens is 1. The zero-order valence-electron chi connectivity index (χ0n) is 15.5. The maximum atomic E-state index is 12.9. The Morgan fingerprint density at radius 2 is 2.11 bits per heavy atom. The predicted molar refractivity (Wildman–Crippen MR) is 109 cm³/mol. The van der Waals surface area contributed by atoms with E-state index in [1.165, 1.54) is 11.3 Å². The number of ether oxygens (including phenoxy) is 1. The first kappa shape index (κ1) is 17.7. The van der Waals surface area contributed by atoms with Crippen molar-refractivity contribution in [2.45, 2.75) is 13.0 Å². The number of likely N-dealkylation sites (N-methyl/N-ethyl adjacent to an activating group) is 1. The molecular formula is C21H22ClN3O2. The van der Waals surface area contributed by atoms with Crippen LogP contribution in [0.2, 0.25) is 5.02 Å². The van der Waals surface area contributed by atoms with E-state index in [9.17, 15) is 4.79 Å². The molecule has 0 radical (unpaired) electrons. The van der Waals surface area contributed by atoms with E-state index >= 15 is 0 Å². The minimum atomic E-state index is 0.102. The molecule has 2 aromatic carbocycles. The molecule has 0 fully saturated rings. The summed E-state index contributed by atoms with van der Waals surface area (Å²) in [6, 6.07) is 13.6. The highest BCUT2D eigenvalue weighted by Gasteiger charge is 2.25. The molecule has 0 saturated heterocycles. The van der Waals surface area contributed by atoms with Gasteiger partial charge in [0.15, 0.2) is 0 Å². The van der Waals surface area contributed by atoms with Crippen LogP contribution in [0.4, 0.5) is 5.69 Å². The third kappa shape index (κ3) is 3.35. The second-order valence-electron chi connectivity index (χ2n) is 6.87. The van der Waals surface area contributed by atoms with Gasteiger partial charge in [0, 0.05) is 53.7 Å². The van der Waals surface area contributed by atoms with Gasteiger partial charge in [-0.3, -0.25) is 4.79 Å². The Kier molecular flexibility index (Phi) is 4.70. The zero-order chi connectivity index (χ0) is 19.0. The number of rotatable bonds is 4. The molecule has 140 valence electrons. The normalized spacial score (nSPS) is 13.5. The minimum absolute atomic E-state index is 0.102. The molecule has 4 rings (SSSR count). The lowest BCUT2D eigenvalue weighted by atomic mass is 10.0. The summed E-state index contributed by atoms with van der Waals surface area (Å²) in [5.74, 6) is 0.866. The third-order valence-corrected chi connectivity index (χ3v) is 5.39. The van der Waals surface area contributed by atoms with Crippen molar-refractivity contribution in [2.24, 2.45) is 0 Å². The highest BCUT2D eigenvalue weighted by Crippen LogP contribution is 2.30. The van der Waals surface area contributed by atoms with Crippen molar-refractivity contribution in [1.29, 1.82) is 0 Å². The van der Waals surface area contributed by atoms with Crippen LogP contribution >= 0.6 is 11.6 Å². The lowest BCUT2D eigenvalue weighted by Crippen LogP contribution is -2.41. The first-order chi connectivity index (χ1) is 13.1. The fraction of sp³-hybridized carbons (Fsp3) is 0.286. The van der Waals surface area contributed by atoms with Crippen LogP contribution in [0.3, 0.4) is 0 Å². The SMILES string of the molecule is COc1ccccc1N(C)CC(=O)N1CCc2[nH]c3ccc(Cl)cc3c2C1. The number of amides is 1. The molecule has 3 aromatic rings. The molecule has 1 aliphatic rings. The lowest BCUT2D eigenvalue weighted by molar-refractivity contribution is -0.130. The van der Waals surface area contributed by atoms with E-state index in [0.717, 1.165) is 28.8 Å². The van der Waals surface area contributed by atoms with Crippen LogP contribution in [0.15, 0.2) is 42.5 Å². The van der Waals surface area contributed by atoms with E-state index < -0.39 is 0 Å². The molecule has 1 aromatic heterocycles. The average molecular weight is 384 g/mol. The summed E-state index contributed by atoms with van der Waals surface area (Å²) in [5.41, 5.74) is 4.36. The van der Waals surface area contributed by atoms with Gasteiger partial charge in [-0.15, -0.1) is 0 Å². The number of hydrogen-bond acceptors (Lipinski definition) is 3. The molecule has 6 heteroatoms. The number of methoxy groups -OCH3 is 1. The quantitative estimate of drug-likeness (QED) is 0.744. The van der Waals surface area contributed by atoms with Crippen LogP contribution in [-0.2, 0) is 17.8 Å². The van der Waals surface area contributed by atoms with Gasteiger partial charge in [-0.25, -0.2) is 0 Å². The first-order valence-electron chi connectivity index (χ1n) is 8.97. The van der Waals surface area contributed by atoms with Gasteiger partial charge in [-0.05, 0) is 30.3 Å². The Bertz CT molecular complexity index is 998. The fourth-order valence-corrected chi connectivity index (χ4v) is 3.90. The Hall–Kier alpha value is -2.66. The maximum absolute atomic E-state index is 12.9. The molecule has 2 heterocycles. The molecule has 1 amide bonds. The molecule has 0 aliphatic carbocycles. The summed E-state index contributed by atoms with van der Waals surface area (Å²) in [5, 5.41) is 1.82. The van der Waals surface area contributed by atoms with Gasteiger partial charge < -0.3 is 19.5 Å². The van der Waals surface area contributed by atoms with Crippen LogP contribution in [0.5, 0.6) is 5.75 Å². The Balaban J connectivity index is 1.52. The summed E-state index contributed by atoms with van der Waals surface area (Å²) < 4.78 is 5.41. The number of nitrogens with zero attached hydrogens (tertiary/aromatic N) is 2. The maximum Gasteiger partial charge on any atom is 0.242 e. The third-order valence-electron chi connectivity index (χ3n) is 5.16. The monoisotopic (exact) mass is 383 g/mol. The summed E-state index contributed by atoms with van der Waals surface area (Å²) in [6.45, 7) is 1.62. The summed E-state index contributed by atoms with van der Waals surface area (Å²) in [6.07, 6.45) is 0.825. The number of carbonyl (C=O) groups is 1. The average Bonchev–Trinajstić information content (AvgIpc) is 3.04. The van der Waals surface area contributed by atoms with Gasteiger partial charge in [0.1, 0.15) is 5.75 Å². The van der Waals surface area contributed by atoms with Crippen molar-refractivity contribution in [2.75, 3.05) is 32.1 Å². The van der Waals surface area contributed by atoms with Crippen LogP contribution in [-0.4, -0.2) is 43.0 Å². The van der Waals surface area contributed by atoms with Crippen LogP contribution in [0.1, 0.15) is 11.3 Å². The topological polar surface area (TPSA) is 48.6 Å². The largest absolute Gasteiger partial charge is 0.495 e. The van der Waals surface area contributed by atoms with Crippen molar-refractivity contribution in [3.8, 4) is 5.75 Å². The number of anilines is 1. The first-order valence-corrected chi connectivity index (χ1v) is 9.35. The zero-order valence-corrected chi connectivity index (χ0v) is 16.2. The van der Waals surface area contributed by atoms with E-state index in [1.54, 1.807) is 7.11 Å². The van der Waals surface area contributed by atoms with Crippen molar-refractivity contribution in [3.63, 3.8) is 0 Å². The van der Waals surface area contributed by atoms with Crippen molar-refractivity contribution in [1.82, 2.24) is 9.88 Å². The molecular weight excluding hydrogens is 362 g/mol. The molecule has 0 saturated carbocycles. The summed E-state index contributed by atoms with van der Waals surface area (Å²) in [4.78, 5) is 20.2. The number of aromatic amines is 1. The molecule has 1 N–H and O–H groups in total. The van der Waals surface area contributed by atoms with Gasteiger partial charge in [-0.2, -0.15) is 0 Å². The molecule has 0 unspecified atom stereocenters. The number of para-hydroxylation sites is 2. The Morgan fingerprint density at radius 1 is 1.30 bits per heavy atom. The highest BCUT2D eigenvalue weighted by atomic mass is 35.5. The Morgan fingerprint density at radius 3 is 2.93 bits per heavy atom. The number of benzene rings is 2. The number of H-pyrrole nitrogens is 1. The lowest BCUT2D eigenvalue weighted by Gasteiger charge is -2.30. The fourth-order valence-electron chi connectivity index (χ4n) is 3.73.